The predicted octanol–water partition coefficient (Wildman–Crippen LogP) is 9.69. The molecule has 0 saturated heterocycles. The topological polar surface area (TPSA) is 25.2 Å². The summed E-state index contributed by atoms with van der Waals surface area (Å²) in [4.78, 5) is 0. The lowest BCUT2D eigenvalue weighted by atomic mass is 9.67. The van der Waals surface area contributed by atoms with Gasteiger partial charge in [0.15, 0.2) is 0 Å². The van der Waals surface area contributed by atoms with E-state index in [0.717, 1.165) is 22.0 Å². The van der Waals surface area contributed by atoms with Crippen LogP contribution >= 0.6 is 0 Å². The third-order valence-corrected chi connectivity index (χ3v) is 7.48. The molecular formula is C37H25NO. The monoisotopic (exact) mass is 509 g/mol. The van der Waals surface area contributed by atoms with Crippen molar-refractivity contribution in [3.8, 4) is 11.1 Å². The number of furan rings is 1. The van der Waals surface area contributed by atoms with Gasteiger partial charge in [-0.1, -0.05) is 115 Å². The molecule has 1 aromatic heterocycles. The maximum Gasteiger partial charge on any atom is 0.137 e. The minimum atomic E-state index is -1.90. The molecule has 184 valence electrons. The fraction of sp³-hybridized carbons (Fsp3) is 0.0270. The summed E-state index contributed by atoms with van der Waals surface area (Å²) in [5, 5.41) is 5.24. The van der Waals surface area contributed by atoms with Crippen molar-refractivity contribution in [2.24, 2.45) is 0 Å². The van der Waals surface area contributed by atoms with Gasteiger partial charge in [-0.2, -0.15) is 0 Å². The SMILES string of the molecule is [2H]c1c([2H])c([2H])c(C2(c3c([2H])c([2H])c([2H])c([2H])c3[2H])c3ccccc3-c3ccc(Nc4cccc5oc6ccccc6c45)cc32)c([2H])c1[2H]. The normalized spacial score (nSPS) is 16.9. The van der Waals surface area contributed by atoms with Gasteiger partial charge in [0.1, 0.15) is 11.2 Å². The van der Waals surface area contributed by atoms with E-state index in [1.165, 1.54) is 0 Å². The molecular weight excluding hydrogens is 474 g/mol. The van der Waals surface area contributed by atoms with Crippen LogP contribution in [0.1, 0.15) is 36.0 Å². The van der Waals surface area contributed by atoms with Gasteiger partial charge in [0, 0.05) is 11.1 Å². The van der Waals surface area contributed by atoms with Gasteiger partial charge in [0.05, 0.1) is 30.2 Å². The number of fused-ring (bicyclic) bond motifs is 6. The van der Waals surface area contributed by atoms with Crippen molar-refractivity contribution in [2.75, 3.05) is 5.32 Å². The Morgan fingerprint density at radius 2 is 1.26 bits per heavy atom. The van der Waals surface area contributed by atoms with Crippen molar-refractivity contribution in [3.05, 3.63) is 168 Å². The van der Waals surface area contributed by atoms with Gasteiger partial charge in [0.2, 0.25) is 0 Å². The molecule has 0 saturated carbocycles. The fourth-order valence-electron chi connectivity index (χ4n) is 5.93. The van der Waals surface area contributed by atoms with Crippen molar-refractivity contribution >= 4 is 33.3 Å². The third-order valence-electron chi connectivity index (χ3n) is 7.48. The van der Waals surface area contributed by atoms with Crippen molar-refractivity contribution in [3.63, 3.8) is 0 Å². The van der Waals surface area contributed by atoms with Crippen molar-refractivity contribution in [1.82, 2.24) is 0 Å². The maximum absolute atomic E-state index is 9.18. The van der Waals surface area contributed by atoms with Crippen molar-refractivity contribution in [2.45, 2.75) is 5.41 Å². The molecule has 1 heterocycles. The zero-order chi connectivity index (χ0) is 34.5. The van der Waals surface area contributed by atoms with E-state index in [4.69, 9.17) is 12.6 Å². The third kappa shape index (κ3) is 3.15. The number of benzene rings is 6. The summed E-state index contributed by atoms with van der Waals surface area (Å²) < 4.78 is 94.0. The molecule has 0 radical (unpaired) electrons. The minimum absolute atomic E-state index is 0.205. The van der Waals surface area contributed by atoms with Crippen LogP contribution in [0.25, 0.3) is 33.1 Å². The van der Waals surface area contributed by atoms with Gasteiger partial charge in [-0.3, -0.25) is 0 Å². The highest BCUT2D eigenvalue weighted by atomic mass is 16.3. The van der Waals surface area contributed by atoms with Crippen LogP contribution in [0.2, 0.25) is 0 Å². The molecule has 0 bridgehead atoms. The molecule has 6 aromatic carbocycles. The second kappa shape index (κ2) is 8.47. The van der Waals surface area contributed by atoms with E-state index in [0.29, 0.717) is 33.5 Å². The molecule has 0 fully saturated rings. The van der Waals surface area contributed by atoms with Crippen LogP contribution in [0.15, 0.2) is 150 Å². The Morgan fingerprint density at radius 1 is 0.590 bits per heavy atom. The van der Waals surface area contributed by atoms with Gasteiger partial charge >= 0.3 is 0 Å². The summed E-state index contributed by atoms with van der Waals surface area (Å²) in [6.07, 6.45) is 0. The van der Waals surface area contributed by atoms with Gasteiger partial charge in [-0.25, -0.2) is 0 Å². The summed E-state index contributed by atoms with van der Waals surface area (Å²) in [6, 6.07) is 20.2. The second-order valence-electron chi connectivity index (χ2n) is 9.46. The zero-order valence-corrected chi connectivity index (χ0v) is 20.5. The van der Waals surface area contributed by atoms with E-state index in [9.17, 15) is 5.48 Å². The molecule has 2 heteroatoms. The molecule has 0 spiro atoms. The molecule has 0 unspecified atom stereocenters. The Bertz CT molecular complexity index is 2430. The summed E-state index contributed by atoms with van der Waals surface area (Å²) in [5.41, 5.74) is 2.48. The van der Waals surface area contributed by atoms with Crippen LogP contribution in [-0.2, 0) is 5.41 Å². The average molecular weight is 510 g/mol. The van der Waals surface area contributed by atoms with E-state index in [1.54, 1.807) is 24.3 Å². The smallest absolute Gasteiger partial charge is 0.137 e. The van der Waals surface area contributed by atoms with Crippen LogP contribution in [0, 0.1) is 0 Å². The number of anilines is 2. The Kier molecular flexibility index (Phi) is 3.08. The lowest BCUT2D eigenvalue weighted by molar-refractivity contribution is 0.669. The van der Waals surface area contributed by atoms with E-state index in [2.05, 4.69) is 5.32 Å². The highest BCUT2D eigenvalue weighted by molar-refractivity contribution is 6.12. The van der Waals surface area contributed by atoms with Gasteiger partial charge in [-0.15, -0.1) is 0 Å². The molecule has 0 atom stereocenters. The molecule has 8 rings (SSSR count). The predicted molar refractivity (Wildman–Crippen MR) is 161 cm³/mol. The molecule has 0 amide bonds. The first-order valence-corrected chi connectivity index (χ1v) is 12.5. The second-order valence-corrected chi connectivity index (χ2v) is 9.46. The van der Waals surface area contributed by atoms with Crippen LogP contribution in [0.5, 0.6) is 0 Å². The number of nitrogens with one attached hydrogen (secondary N) is 1. The first-order chi connectivity index (χ1) is 23.5. The van der Waals surface area contributed by atoms with Gasteiger partial charge in [0.25, 0.3) is 0 Å². The summed E-state index contributed by atoms with van der Waals surface area (Å²) in [5.74, 6) is 0. The van der Waals surface area contributed by atoms with Crippen LogP contribution in [-0.4, -0.2) is 0 Å². The summed E-state index contributed by atoms with van der Waals surface area (Å²) in [6.45, 7) is 0. The van der Waals surface area contributed by atoms with Gasteiger partial charge in [-0.05, 0) is 63.7 Å². The number of rotatable bonds is 4. The standard InChI is InChI=1S/C37H25NO/c1-3-12-25(13-4-1)37(26-14-5-2-6-15-26)31-18-9-7-16-28(31)29-23-22-27(24-32(29)37)38-33-19-11-21-35-36(33)30-17-8-10-20-34(30)39-35/h1-24,38H/i1D,2D,3D,4D,5D,6D,12D,13D,14D,15D. The average Bonchev–Trinajstić information content (AvgIpc) is 3.63. The van der Waals surface area contributed by atoms with E-state index in [1.807, 2.05) is 60.7 Å². The van der Waals surface area contributed by atoms with E-state index < -0.39 is 65.8 Å². The van der Waals surface area contributed by atoms with E-state index in [-0.39, 0.29) is 11.1 Å². The molecule has 1 aliphatic rings. The number of para-hydroxylation sites is 1. The molecule has 7 aromatic rings. The highest BCUT2D eigenvalue weighted by Gasteiger charge is 2.46. The summed E-state index contributed by atoms with van der Waals surface area (Å²) in [7, 11) is 0. The van der Waals surface area contributed by atoms with E-state index >= 15 is 0 Å². The Hall–Kier alpha value is -5.08. The maximum atomic E-state index is 9.18. The molecule has 1 N–H and O–H groups in total. The first-order valence-electron chi connectivity index (χ1n) is 17.5. The van der Waals surface area contributed by atoms with Crippen molar-refractivity contribution in [1.29, 1.82) is 0 Å². The Labute approximate surface area is 241 Å². The lowest BCUT2D eigenvalue weighted by Crippen LogP contribution is -2.28. The Morgan fingerprint density at radius 3 is 2.05 bits per heavy atom. The number of hydrogen-bond donors (Lipinski definition) is 1. The van der Waals surface area contributed by atoms with Crippen LogP contribution in [0.4, 0.5) is 11.4 Å². The minimum Gasteiger partial charge on any atom is -0.456 e. The fourth-order valence-corrected chi connectivity index (χ4v) is 5.93. The largest absolute Gasteiger partial charge is 0.456 e. The van der Waals surface area contributed by atoms with Crippen LogP contribution < -0.4 is 5.32 Å². The highest BCUT2D eigenvalue weighted by Crippen LogP contribution is 2.56. The lowest BCUT2D eigenvalue weighted by Gasteiger charge is -2.34. The molecule has 1 aliphatic carbocycles. The quantitative estimate of drug-likeness (QED) is 0.255. The molecule has 2 nitrogen and oxygen atoms in total. The van der Waals surface area contributed by atoms with Crippen molar-refractivity contribution < 1.29 is 18.1 Å². The van der Waals surface area contributed by atoms with Gasteiger partial charge < -0.3 is 9.73 Å². The molecule has 39 heavy (non-hydrogen) atoms. The zero-order valence-electron chi connectivity index (χ0n) is 30.5. The number of hydrogen-bond acceptors (Lipinski definition) is 2. The Balaban J connectivity index is 1.50. The summed E-state index contributed by atoms with van der Waals surface area (Å²) >= 11 is 0. The van der Waals surface area contributed by atoms with Crippen LogP contribution in [0.3, 0.4) is 0 Å². The molecule has 0 aliphatic heterocycles. The first kappa shape index (κ1) is 14.2.